The standard InChI is InChI=1S/C13H20N2O5S/c1-20-12(18)9-2-4-14(5-3-9)13(19)15-6-7-21-8-10(15)11(16)17/h9-10H,2-8H2,1H3,(H,16,17). The highest BCUT2D eigenvalue weighted by Crippen LogP contribution is 2.23. The molecule has 0 saturated carbocycles. The van der Waals surface area contributed by atoms with Crippen LogP contribution >= 0.6 is 11.8 Å². The molecule has 0 radical (unpaired) electrons. The molecule has 1 N–H and O–H groups in total. The molecule has 1 atom stereocenters. The second kappa shape index (κ2) is 7.02. The molecule has 2 rings (SSSR count). The molecule has 0 aromatic carbocycles. The average molecular weight is 316 g/mol. The summed E-state index contributed by atoms with van der Waals surface area (Å²) in [6.07, 6.45) is 1.14. The van der Waals surface area contributed by atoms with E-state index in [2.05, 4.69) is 0 Å². The molecule has 0 aromatic heterocycles. The maximum absolute atomic E-state index is 12.5. The number of hydrogen-bond donors (Lipinski definition) is 1. The molecule has 0 aliphatic carbocycles. The number of amides is 2. The van der Waals surface area contributed by atoms with Gasteiger partial charge >= 0.3 is 18.0 Å². The molecule has 8 heteroatoms. The van der Waals surface area contributed by atoms with Crippen LogP contribution in [0.3, 0.4) is 0 Å². The van der Waals surface area contributed by atoms with Crippen LogP contribution in [-0.4, -0.2) is 77.2 Å². The molecule has 0 aromatic rings. The lowest BCUT2D eigenvalue weighted by atomic mass is 9.97. The van der Waals surface area contributed by atoms with Crippen LogP contribution < -0.4 is 0 Å². The quantitative estimate of drug-likeness (QED) is 0.746. The van der Waals surface area contributed by atoms with Crippen molar-refractivity contribution in [3.8, 4) is 0 Å². The monoisotopic (exact) mass is 316 g/mol. The second-order valence-corrected chi connectivity index (χ2v) is 6.34. The summed E-state index contributed by atoms with van der Waals surface area (Å²) in [6, 6.07) is -0.986. The summed E-state index contributed by atoms with van der Waals surface area (Å²) >= 11 is 1.55. The number of hydrogen-bond acceptors (Lipinski definition) is 5. The summed E-state index contributed by atoms with van der Waals surface area (Å²) in [7, 11) is 1.36. The molecule has 2 heterocycles. The molecule has 0 spiro atoms. The van der Waals surface area contributed by atoms with Gasteiger partial charge in [-0.3, -0.25) is 4.79 Å². The van der Waals surface area contributed by atoms with Gasteiger partial charge in [-0.15, -0.1) is 0 Å². The van der Waals surface area contributed by atoms with E-state index in [1.54, 1.807) is 16.7 Å². The van der Waals surface area contributed by atoms with Gasteiger partial charge in [0.15, 0.2) is 0 Å². The lowest BCUT2D eigenvalue weighted by Gasteiger charge is -2.39. The number of nitrogens with zero attached hydrogens (tertiary/aromatic N) is 2. The van der Waals surface area contributed by atoms with E-state index in [1.807, 2.05) is 0 Å². The maximum atomic E-state index is 12.5. The minimum atomic E-state index is -0.958. The highest BCUT2D eigenvalue weighted by Gasteiger charge is 2.36. The Labute approximate surface area is 127 Å². The summed E-state index contributed by atoms with van der Waals surface area (Å²) < 4.78 is 4.72. The lowest BCUT2D eigenvalue weighted by Crippen LogP contribution is -2.56. The van der Waals surface area contributed by atoms with E-state index in [-0.39, 0.29) is 17.9 Å². The Bertz CT molecular complexity index is 423. The van der Waals surface area contributed by atoms with Crippen LogP contribution in [0.4, 0.5) is 4.79 Å². The average Bonchev–Trinajstić information content (AvgIpc) is 2.53. The number of aliphatic carboxylic acids is 1. The van der Waals surface area contributed by atoms with Gasteiger partial charge in [-0.1, -0.05) is 0 Å². The zero-order valence-electron chi connectivity index (χ0n) is 12.0. The Morgan fingerprint density at radius 2 is 1.86 bits per heavy atom. The van der Waals surface area contributed by atoms with E-state index in [1.165, 1.54) is 12.0 Å². The van der Waals surface area contributed by atoms with Crippen molar-refractivity contribution in [1.82, 2.24) is 9.80 Å². The van der Waals surface area contributed by atoms with E-state index in [0.717, 1.165) is 5.75 Å². The van der Waals surface area contributed by atoms with Gasteiger partial charge in [0.05, 0.1) is 13.0 Å². The van der Waals surface area contributed by atoms with Crippen molar-refractivity contribution in [3.05, 3.63) is 0 Å². The number of rotatable bonds is 2. The lowest BCUT2D eigenvalue weighted by molar-refractivity contribution is -0.146. The molecule has 118 valence electrons. The van der Waals surface area contributed by atoms with Crippen LogP contribution in [0.5, 0.6) is 0 Å². The van der Waals surface area contributed by atoms with Crippen molar-refractivity contribution >= 4 is 29.7 Å². The SMILES string of the molecule is COC(=O)C1CCN(C(=O)N2CCSCC2C(=O)O)CC1. The molecule has 2 saturated heterocycles. The van der Waals surface area contributed by atoms with Crippen molar-refractivity contribution in [3.63, 3.8) is 0 Å². The van der Waals surface area contributed by atoms with Crippen LogP contribution in [0.25, 0.3) is 0 Å². The number of thioether (sulfide) groups is 1. The fraction of sp³-hybridized carbons (Fsp3) is 0.769. The molecule has 2 amide bonds. The van der Waals surface area contributed by atoms with Gasteiger partial charge in [0, 0.05) is 31.1 Å². The van der Waals surface area contributed by atoms with E-state index in [0.29, 0.717) is 38.2 Å². The first-order valence-corrected chi connectivity index (χ1v) is 8.14. The highest BCUT2D eigenvalue weighted by atomic mass is 32.2. The third-order valence-corrected chi connectivity index (χ3v) is 4.98. The number of methoxy groups -OCH3 is 1. The number of carbonyl (C=O) groups excluding carboxylic acids is 2. The summed E-state index contributed by atoms with van der Waals surface area (Å²) in [5.41, 5.74) is 0. The van der Waals surface area contributed by atoms with Crippen molar-refractivity contribution in [2.75, 3.05) is 38.2 Å². The van der Waals surface area contributed by atoms with Gasteiger partial charge in [0.25, 0.3) is 0 Å². The molecule has 1 unspecified atom stereocenters. The van der Waals surface area contributed by atoms with Crippen molar-refractivity contribution in [2.24, 2.45) is 5.92 Å². The molecular formula is C13H20N2O5S. The Hall–Kier alpha value is -1.44. The second-order valence-electron chi connectivity index (χ2n) is 5.19. The number of piperidine rings is 1. The molecule has 2 aliphatic heterocycles. The first-order valence-electron chi connectivity index (χ1n) is 6.98. The first kappa shape index (κ1) is 15.9. The van der Waals surface area contributed by atoms with Gasteiger partial charge in [-0.2, -0.15) is 11.8 Å². The van der Waals surface area contributed by atoms with Gasteiger partial charge in [-0.05, 0) is 12.8 Å². The van der Waals surface area contributed by atoms with Gasteiger partial charge in [0.2, 0.25) is 0 Å². The summed E-state index contributed by atoms with van der Waals surface area (Å²) in [5.74, 6) is -0.167. The van der Waals surface area contributed by atoms with E-state index >= 15 is 0 Å². The molecule has 2 fully saturated rings. The summed E-state index contributed by atoms with van der Waals surface area (Å²) in [6.45, 7) is 1.39. The fourth-order valence-electron chi connectivity index (χ4n) is 2.69. The van der Waals surface area contributed by atoms with Crippen LogP contribution in [0.2, 0.25) is 0 Å². The van der Waals surface area contributed by atoms with E-state index in [4.69, 9.17) is 4.74 Å². The normalized spacial score (nSPS) is 23.8. The first-order chi connectivity index (χ1) is 10.0. The minimum Gasteiger partial charge on any atom is -0.480 e. The van der Waals surface area contributed by atoms with Crippen LogP contribution in [0.1, 0.15) is 12.8 Å². The van der Waals surface area contributed by atoms with E-state index < -0.39 is 12.0 Å². The molecular weight excluding hydrogens is 296 g/mol. The molecule has 7 nitrogen and oxygen atoms in total. The predicted molar refractivity (Wildman–Crippen MR) is 77.2 cm³/mol. The Morgan fingerprint density at radius 1 is 1.19 bits per heavy atom. The number of carbonyl (C=O) groups is 3. The maximum Gasteiger partial charge on any atom is 0.327 e. The number of ether oxygens (including phenoxy) is 1. The topological polar surface area (TPSA) is 87.2 Å². The van der Waals surface area contributed by atoms with Crippen molar-refractivity contribution in [1.29, 1.82) is 0 Å². The minimum absolute atomic E-state index is 0.161. The number of esters is 1. The Morgan fingerprint density at radius 3 is 2.43 bits per heavy atom. The van der Waals surface area contributed by atoms with Crippen LogP contribution in [0, 0.1) is 5.92 Å². The number of carboxylic acid groups (broad SMARTS) is 1. The number of urea groups is 1. The Balaban J connectivity index is 1.94. The fourth-order valence-corrected chi connectivity index (χ4v) is 3.73. The molecule has 0 bridgehead atoms. The number of carboxylic acids is 1. The molecule has 21 heavy (non-hydrogen) atoms. The third kappa shape index (κ3) is 3.61. The van der Waals surface area contributed by atoms with Crippen molar-refractivity contribution in [2.45, 2.75) is 18.9 Å². The van der Waals surface area contributed by atoms with Crippen LogP contribution in [0.15, 0.2) is 0 Å². The van der Waals surface area contributed by atoms with Gasteiger partial charge < -0.3 is 19.6 Å². The zero-order valence-corrected chi connectivity index (χ0v) is 12.8. The smallest absolute Gasteiger partial charge is 0.327 e. The largest absolute Gasteiger partial charge is 0.480 e. The number of likely N-dealkylation sites (tertiary alicyclic amines) is 1. The van der Waals surface area contributed by atoms with Crippen molar-refractivity contribution < 1.29 is 24.2 Å². The van der Waals surface area contributed by atoms with Gasteiger partial charge in [0.1, 0.15) is 6.04 Å². The summed E-state index contributed by atoms with van der Waals surface area (Å²) in [5, 5.41) is 9.22. The molecule has 2 aliphatic rings. The van der Waals surface area contributed by atoms with Gasteiger partial charge in [-0.25, -0.2) is 9.59 Å². The predicted octanol–water partition coefficient (Wildman–Crippen LogP) is 0.493. The third-order valence-electron chi connectivity index (χ3n) is 3.96. The van der Waals surface area contributed by atoms with E-state index in [9.17, 15) is 19.5 Å². The highest BCUT2D eigenvalue weighted by molar-refractivity contribution is 7.99. The Kier molecular flexibility index (Phi) is 5.33. The van der Waals surface area contributed by atoms with Crippen LogP contribution in [-0.2, 0) is 14.3 Å². The zero-order chi connectivity index (χ0) is 15.4. The summed E-state index contributed by atoms with van der Waals surface area (Å²) in [4.78, 5) is 38.3.